The molecular weight excluding hydrogens is 396 g/mol. The van der Waals surface area contributed by atoms with Gasteiger partial charge in [0.2, 0.25) is 0 Å². The molecule has 0 bridgehead atoms. The Morgan fingerprint density at radius 3 is 2.40 bits per heavy atom. The summed E-state index contributed by atoms with van der Waals surface area (Å²) in [5.41, 5.74) is 3.30. The van der Waals surface area contributed by atoms with E-state index in [9.17, 15) is 4.79 Å². The molecule has 5 heteroatoms. The van der Waals surface area contributed by atoms with E-state index >= 15 is 0 Å². The summed E-state index contributed by atoms with van der Waals surface area (Å²) in [6.07, 6.45) is 0.421. The number of rotatable bonds is 8. The van der Waals surface area contributed by atoms with Gasteiger partial charge in [-0.3, -0.25) is 4.79 Å². The number of para-hydroxylation sites is 1. The van der Waals surface area contributed by atoms with Crippen molar-refractivity contribution >= 4 is 23.2 Å². The number of hydrogen-bond donors (Lipinski definition) is 1. The molecule has 1 fully saturated rings. The van der Waals surface area contributed by atoms with Crippen LogP contribution in [-0.4, -0.2) is 31.1 Å². The molecule has 1 saturated heterocycles. The number of β-lactam (4-membered cyclic amide) rings is 1. The lowest BCUT2D eigenvalue weighted by molar-refractivity contribution is -0.134. The number of nitrogens with one attached hydrogen (secondary N) is 1. The van der Waals surface area contributed by atoms with Crippen LogP contribution in [0.25, 0.3) is 0 Å². The van der Waals surface area contributed by atoms with E-state index in [4.69, 9.17) is 16.3 Å². The lowest BCUT2D eigenvalue weighted by Gasteiger charge is -2.47. The molecule has 0 aliphatic carbocycles. The maximum atomic E-state index is 13.0. The largest absolute Gasteiger partial charge is 0.478 e. The van der Waals surface area contributed by atoms with Crippen LogP contribution in [0.2, 0.25) is 5.02 Å². The predicted molar refractivity (Wildman–Crippen MR) is 121 cm³/mol. The molecule has 1 aliphatic rings. The molecule has 1 N–H and O–H groups in total. The van der Waals surface area contributed by atoms with Gasteiger partial charge in [0.25, 0.3) is 5.91 Å². The van der Waals surface area contributed by atoms with Gasteiger partial charge in [0.1, 0.15) is 5.75 Å². The lowest BCUT2D eigenvalue weighted by atomic mass is 9.95. The quantitative estimate of drug-likeness (QED) is 0.426. The summed E-state index contributed by atoms with van der Waals surface area (Å²) in [6, 6.07) is 25.4. The fourth-order valence-corrected chi connectivity index (χ4v) is 3.89. The van der Waals surface area contributed by atoms with Gasteiger partial charge in [0.05, 0.1) is 6.04 Å². The minimum atomic E-state index is -0.519. The normalized spacial score (nSPS) is 18.2. The number of hydrogen-bond acceptors (Lipinski definition) is 3. The third-order valence-electron chi connectivity index (χ3n) is 5.40. The fourth-order valence-electron chi connectivity index (χ4n) is 3.76. The molecule has 1 heterocycles. The molecule has 0 radical (unpaired) electrons. The van der Waals surface area contributed by atoms with Crippen LogP contribution in [0.4, 0.5) is 5.69 Å². The maximum Gasteiger partial charge on any atom is 0.270 e. The highest BCUT2D eigenvalue weighted by atomic mass is 35.5. The molecular formula is C25H25ClN2O2. The van der Waals surface area contributed by atoms with Crippen LogP contribution in [0.15, 0.2) is 78.9 Å². The van der Waals surface area contributed by atoms with Crippen molar-refractivity contribution in [3.05, 3.63) is 95.0 Å². The van der Waals surface area contributed by atoms with Crippen molar-refractivity contribution in [2.75, 3.05) is 18.0 Å². The molecule has 4 rings (SSSR count). The van der Waals surface area contributed by atoms with Crippen LogP contribution < -0.4 is 15.0 Å². The first kappa shape index (κ1) is 20.5. The van der Waals surface area contributed by atoms with Crippen molar-refractivity contribution < 1.29 is 9.53 Å². The van der Waals surface area contributed by atoms with Gasteiger partial charge in [-0.15, -0.1) is 0 Å². The van der Waals surface area contributed by atoms with E-state index < -0.39 is 6.10 Å². The number of nitrogens with zero attached hydrogens (tertiary/aromatic N) is 1. The van der Waals surface area contributed by atoms with Gasteiger partial charge in [-0.05, 0) is 61.3 Å². The summed E-state index contributed by atoms with van der Waals surface area (Å²) < 4.78 is 6.05. The van der Waals surface area contributed by atoms with E-state index in [1.807, 2.05) is 42.2 Å². The Morgan fingerprint density at radius 1 is 0.967 bits per heavy atom. The van der Waals surface area contributed by atoms with Crippen molar-refractivity contribution in [3.8, 4) is 5.75 Å². The summed E-state index contributed by atoms with van der Waals surface area (Å²) in [7, 11) is 0. The molecule has 3 aromatic carbocycles. The summed E-state index contributed by atoms with van der Waals surface area (Å²) in [6.45, 7) is 3.52. The molecule has 0 aromatic heterocycles. The van der Waals surface area contributed by atoms with Gasteiger partial charge in [-0.1, -0.05) is 60.1 Å². The zero-order valence-corrected chi connectivity index (χ0v) is 17.7. The van der Waals surface area contributed by atoms with Crippen LogP contribution in [0, 0.1) is 6.92 Å². The predicted octanol–water partition coefficient (Wildman–Crippen LogP) is 4.64. The summed E-state index contributed by atoms with van der Waals surface area (Å²) in [5.74, 6) is 0.630. The molecule has 30 heavy (non-hydrogen) atoms. The lowest BCUT2D eigenvalue weighted by Crippen LogP contribution is -2.70. The number of carbonyl (C=O) groups is 1. The van der Waals surface area contributed by atoms with Gasteiger partial charge in [-0.25, -0.2) is 0 Å². The van der Waals surface area contributed by atoms with E-state index in [2.05, 4.69) is 29.6 Å². The van der Waals surface area contributed by atoms with Gasteiger partial charge in [-0.2, -0.15) is 0 Å². The molecule has 1 aliphatic heterocycles. The minimum absolute atomic E-state index is 0.0193. The second-order valence-corrected chi connectivity index (χ2v) is 7.93. The van der Waals surface area contributed by atoms with E-state index in [1.54, 1.807) is 24.3 Å². The first-order valence-corrected chi connectivity index (χ1v) is 10.6. The van der Waals surface area contributed by atoms with Gasteiger partial charge in [0, 0.05) is 17.3 Å². The topological polar surface area (TPSA) is 41.6 Å². The summed E-state index contributed by atoms with van der Waals surface area (Å²) in [4.78, 5) is 14.9. The third-order valence-corrected chi connectivity index (χ3v) is 5.65. The monoisotopic (exact) mass is 420 g/mol. The average molecular weight is 421 g/mol. The molecule has 4 nitrogen and oxygen atoms in total. The Morgan fingerprint density at radius 2 is 1.67 bits per heavy atom. The van der Waals surface area contributed by atoms with Crippen LogP contribution in [-0.2, 0) is 11.2 Å². The Bertz CT molecular complexity index is 992. The van der Waals surface area contributed by atoms with Crippen LogP contribution >= 0.6 is 11.6 Å². The van der Waals surface area contributed by atoms with Crippen LogP contribution in [0.3, 0.4) is 0 Å². The van der Waals surface area contributed by atoms with Crippen molar-refractivity contribution in [3.63, 3.8) is 0 Å². The second kappa shape index (κ2) is 9.33. The number of carbonyl (C=O) groups excluding carboxylic acids is 1. The van der Waals surface area contributed by atoms with Crippen LogP contribution in [0.1, 0.15) is 11.1 Å². The highest BCUT2D eigenvalue weighted by Gasteiger charge is 2.50. The molecule has 154 valence electrons. The number of ether oxygens (including phenoxy) is 1. The number of benzene rings is 3. The highest BCUT2D eigenvalue weighted by Crippen LogP contribution is 2.33. The fraction of sp³-hybridized carbons (Fsp3) is 0.240. The van der Waals surface area contributed by atoms with E-state index in [-0.39, 0.29) is 11.9 Å². The second-order valence-electron chi connectivity index (χ2n) is 7.49. The Labute approximate surface area is 182 Å². The number of anilines is 1. The first-order chi connectivity index (χ1) is 14.6. The van der Waals surface area contributed by atoms with Crippen molar-refractivity contribution in [1.82, 2.24) is 5.32 Å². The standard InChI is InChI=1S/C25H25ClN2O2/c1-18-7-5-6-10-22(18)28-23(17-27-16-15-19-8-3-2-4-9-19)24(25(28)29)30-21-13-11-20(26)12-14-21/h2-14,23-24,27H,15-17H2,1H3/t23-,24+/m0/s1. The van der Waals surface area contributed by atoms with Crippen molar-refractivity contribution in [1.29, 1.82) is 0 Å². The molecule has 0 unspecified atom stereocenters. The summed E-state index contributed by atoms with van der Waals surface area (Å²) >= 11 is 5.97. The van der Waals surface area contributed by atoms with E-state index in [0.717, 1.165) is 24.2 Å². The average Bonchev–Trinajstić information content (AvgIpc) is 2.77. The maximum absolute atomic E-state index is 13.0. The van der Waals surface area contributed by atoms with Crippen molar-refractivity contribution in [2.24, 2.45) is 0 Å². The van der Waals surface area contributed by atoms with Crippen LogP contribution in [0.5, 0.6) is 5.75 Å². The van der Waals surface area contributed by atoms with Gasteiger partial charge in [0.15, 0.2) is 6.10 Å². The van der Waals surface area contributed by atoms with E-state index in [1.165, 1.54) is 5.56 Å². The van der Waals surface area contributed by atoms with Gasteiger partial charge < -0.3 is 15.0 Å². The zero-order valence-electron chi connectivity index (χ0n) is 16.9. The van der Waals surface area contributed by atoms with E-state index in [0.29, 0.717) is 17.3 Å². The molecule has 2 atom stereocenters. The minimum Gasteiger partial charge on any atom is -0.478 e. The highest BCUT2D eigenvalue weighted by molar-refractivity contribution is 6.30. The molecule has 1 amide bonds. The Hall–Kier alpha value is -2.82. The Balaban J connectivity index is 1.45. The molecule has 0 spiro atoms. The number of halogens is 1. The van der Waals surface area contributed by atoms with Gasteiger partial charge >= 0.3 is 0 Å². The first-order valence-electron chi connectivity index (χ1n) is 10.2. The van der Waals surface area contributed by atoms with Crippen molar-refractivity contribution in [2.45, 2.75) is 25.5 Å². The SMILES string of the molecule is Cc1ccccc1N1C(=O)[C@H](Oc2ccc(Cl)cc2)[C@@H]1CNCCc1ccccc1. The summed E-state index contributed by atoms with van der Waals surface area (Å²) in [5, 5.41) is 4.15. The molecule has 3 aromatic rings. The smallest absolute Gasteiger partial charge is 0.270 e. The number of aryl methyl sites for hydroxylation is 1. The zero-order chi connectivity index (χ0) is 20.9. The third kappa shape index (κ3) is 4.50. The number of amides is 1. The Kier molecular flexibility index (Phi) is 6.36. The molecule has 0 saturated carbocycles.